The summed E-state index contributed by atoms with van der Waals surface area (Å²) < 4.78 is 0. The highest BCUT2D eigenvalue weighted by atomic mass is 15.3. The Bertz CT molecular complexity index is 574. The largest absolute Gasteiger partial charge is 0.302 e. The maximum absolute atomic E-state index is 5.92. The summed E-state index contributed by atoms with van der Waals surface area (Å²) in [5, 5.41) is 2.52. The second-order valence-corrected chi connectivity index (χ2v) is 5.77. The van der Waals surface area contributed by atoms with Crippen LogP contribution in [0.25, 0.3) is 10.8 Å². The molecule has 3 heteroatoms. The molecule has 0 aliphatic heterocycles. The van der Waals surface area contributed by atoms with Crippen molar-refractivity contribution in [3.8, 4) is 0 Å². The SMILES string of the molecule is CCC(C)(C(NN)c1cccc2ccccc12)N(C)C. The lowest BCUT2D eigenvalue weighted by atomic mass is 9.82. The zero-order valence-corrected chi connectivity index (χ0v) is 12.9. The Kier molecular flexibility index (Phi) is 4.43. The summed E-state index contributed by atoms with van der Waals surface area (Å²) in [7, 11) is 4.22. The third-order valence-electron chi connectivity index (χ3n) is 4.66. The van der Waals surface area contributed by atoms with Crippen molar-refractivity contribution >= 4 is 10.8 Å². The van der Waals surface area contributed by atoms with E-state index in [0.29, 0.717) is 0 Å². The van der Waals surface area contributed by atoms with Crippen LogP contribution in [0.4, 0.5) is 0 Å². The molecule has 0 saturated heterocycles. The number of rotatable bonds is 5. The van der Waals surface area contributed by atoms with Gasteiger partial charge in [-0.1, -0.05) is 49.4 Å². The molecule has 2 aromatic rings. The van der Waals surface area contributed by atoms with Crippen LogP contribution in [0.3, 0.4) is 0 Å². The van der Waals surface area contributed by atoms with Crippen LogP contribution in [-0.4, -0.2) is 24.5 Å². The van der Waals surface area contributed by atoms with Crippen molar-refractivity contribution in [1.29, 1.82) is 0 Å². The van der Waals surface area contributed by atoms with Crippen molar-refractivity contribution in [2.24, 2.45) is 5.84 Å². The molecule has 2 aromatic carbocycles. The molecule has 108 valence electrons. The molecule has 0 fully saturated rings. The van der Waals surface area contributed by atoms with Crippen LogP contribution >= 0.6 is 0 Å². The zero-order chi connectivity index (χ0) is 14.8. The maximum Gasteiger partial charge on any atom is 0.0646 e. The first kappa shape index (κ1) is 15.0. The van der Waals surface area contributed by atoms with Crippen LogP contribution < -0.4 is 11.3 Å². The lowest BCUT2D eigenvalue weighted by molar-refractivity contribution is 0.113. The molecule has 0 heterocycles. The van der Waals surface area contributed by atoms with Crippen molar-refractivity contribution in [2.75, 3.05) is 14.1 Å². The van der Waals surface area contributed by atoms with Gasteiger partial charge in [-0.25, -0.2) is 0 Å². The Morgan fingerprint density at radius 3 is 2.40 bits per heavy atom. The Labute approximate surface area is 121 Å². The first-order chi connectivity index (χ1) is 9.54. The molecule has 0 bridgehead atoms. The van der Waals surface area contributed by atoms with Crippen LogP contribution in [0.2, 0.25) is 0 Å². The number of hydrazine groups is 1. The van der Waals surface area contributed by atoms with E-state index in [1.54, 1.807) is 0 Å². The van der Waals surface area contributed by atoms with E-state index < -0.39 is 0 Å². The molecule has 20 heavy (non-hydrogen) atoms. The van der Waals surface area contributed by atoms with Gasteiger partial charge >= 0.3 is 0 Å². The number of likely N-dealkylation sites (N-methyl/N-ethyl adjacent to an activating group) is 1. The fraction of sp³-hybridized carbons (Fsp3) is 0.412. The fourth-order valence-electron chi connectivity index (χ4n) is 2.89. The summed E-state index contributed by atoms with van der Waals surface area (Å²) >= 11 is 0. The third-order valence-corrected chi connectivity index (χ3v) is 4.66. The molecule has 0 aliphatic rings. The molecule has 2 unspecified atom stereocenters. The summed E-state index contributed by atoms with van der Waals surface area (Å²) in [6, 6.07) is 15.0. The quantitative estimate of drug-likeness (QED) is 0.648. The fourth-order valence-corrected chi connectivity index (χ4v) is 2.89. The van der Waals surface area contributed by atoms with Gasteiger partial charge in [0, 0.05) is 5.54 Å². The molecule has 0 aromatic heterocycles. The molecule has 0 saturated carbocycles. The average Bonchev–Trinajstić information content (AvgIpc) is 2.47. The van der Waals surface area contributed by atoms with Gasteiger partial charge in [0.05, 0.1) is 6.04 Å². The molecule has 2 rings (SSSR count). The molecular weight excluding hydrogens is 246 g/mol. The van der Waals surface area contributed by atoms with Gasteiger partial charge in [-0.15, -0.1) is 0 Å². The average molecular weight is 271 g/mol. The summed E-state index contributed by atoms with van der Waals surface area (Å²) in [6.45, 7) is 4.45. The van der Waals surface area contributed by atoms with Gasteiger partial charge in [0.1, 0.15) is 0 Å². The van der Waals surface area contributed by atoms with Crippen LogP contribution in [0, 0.1) is 0 Å². The van der Waals surface area contributed by atoms with Crippen molar-refractivity contribution in [3.63, 3.8) is 0 Å². The van der Waals surface area contributed by atoms with Gasteiger partial charge in [0.15, 0.2) is 0 Å². The van der Waals surface area contributed by atoms with E-state index >= 15 is 0 Å². The van der Waals surface area contributed by atoms with E-state index in [-0.39, 0.29) is 11.6 Å². The normalized spacial score (nSPS) is 16.3. The van der Waals surface area contributed by atoms with Gasteiger partial charge in [-0.2, -0.15) is 0 Å². The number of hydrogen-bond donors (Lipinski definition) is 2. The molecule has 2 atom stereocenters. The van der Waals surface area contributed by atoms with E-state index in [4.69, 9.17) is 5.84 Å². The number of benzene rings is 2. The summed E-state index contributed by atoms with van der Waals surface area (Å²) in [5.74, 6) is 5.92. The number of nitrogens with zero attached hydrogens (tertiary/aromatic N) is 1. The Balaban J connectivity index is 2.60. The minimum atomic E-state index is -0.0428. The molecular formula is C17H25N3. The lowest BCUT2D eigenvalue weighted by Crippen LogP contribution is -2.53. The monoisotopic (exact) mass is 271 g/mol. The van der Waals surface area contributed by atoms with Crippen molar-refractivity contribution in [2.45, 2.75) is 31.8 Å². The van der Waals surface area contributed by atoms with Crippen LogP contribution in [-0.2, 0) is 0 Å². The zero-order valence-electron chi connectivity index (χ0n) is 12.9. The van der Waals surface area contributed by atoms with Crippen molar-refractivity contribution in [1.82, 2.24) is 10.3 Å². The highest BCUT2D eigenvalue weighted by Gasteiger charge is 2.35. The molecule has 3 nitrogen and oxygen atoms in total. The van der Waals surface area contributed by atoms with Crippen LogP contribution in [0.5, 0.6) is 0 Å². The lowest BCUT2D eigenvalue weighted by Gasteiger charge is -2.43. The minimum Gasteiger partial charge on any atom is -0.302 e. The number of fused-ring (bicyclic) bond motifs is 1. The minimum absolute atomic E-state index is 0.0428. The highest BCUT2D eigenvalue weighted by Crippen LogP contribution is 2.35. The Morgan fingerprint density at radius 1 is 1.15 bits per heavy atom. The first-order valence-corrected chi connectivity index (χ1v) is 7.15. The molecule has 3 N–H and O–H groups in total. The summed E-state index contributed by atoms with van der Waals surface area (Å²) in [4.78, 5) is 2.25. The van der Waals surface area contributed by atoms with Gasteiger partial charge < -0.3 is 4.90 Å². The van der Waals surface area contributed by atoms with E-state index in [0.717, 1.165) is 6.42 Å². The van der Waals surface area contributed by atoms with Crippen LogP contribution in [0.1, 0.15) is 31.9 Å². The molecule has 0 amide bonds. The van der Waals surface area contributed by atoms with Gasteiger partial charge in [-0.05, 0) is 43.8 Å². The molecule has 0 spiro atoms. The van der Waals surface area contributed by atoms with Gasteiger partial charge in [0.2, 0.25) is 0 Å². The van der Waals surface area contributed by atoms with E-state index in [2.05, 4.69) is 80.7 Å². The number of hydrogen-bond acceptors (Lipinski definition) is 3. The first-order valence-electron chi connectivity index (χ1n) is 7.15. The number of nitrogens with two attached hydrogens (primary N) is 1. The summed E-state index contributed by atoms with van der Waals surface area (Å²) in [6.07, 6.45) is 1.01. The number of nitrogens with one attached hydrogen (secondary N) is 1. The predicted molar refractivity (Wildman–Crippen MR) is 86.4 cm³/mol. The Hall–Kier alpha value is -1.42. The topological polar surface area (TPSA) is 41.3 Å². The standard InChI is InChI=1S/C17H25N3/c1-5-17(2,20(3)4)16(19-18)15-12-8-10-13-9-6-7-11-14(13)15/h6-12,16,19H,5,18H2,1-4H3. The third kappa shape index (κ3) is 2.44. The van der Waals surface area contributed by atoms with Crippen molar-refractivity contribution in [3.05, 3.63) is 48.0 Å². The van der Waals surface area contributed by atoms with E-state index in [9.17, 15) is 0 Å². The Morgan fingerprint density at radius 2 is 1.80 bits per heavy atom. The van der Waals surface area contributed by atoms with E-state index in [1.165, 1.54) is 16.3 Å². The van der Waals surface area contributed by atoms with E-state index in [1.807, 2.05) is 0 Å². The summed E-state index contributed by atoms with van der Waals surface area (Å²) in [5.41, 5.74) is 4.25. The molecule has 0 aliphatic carbocycles. The maximum atomic E-state index is 5.92. The predicted octanol–water partition coefficient (Wildman–Crippen LogP) is 3.07. The smallest absolute Gasteiger partial charge is 0.0646 e. The van der Waals surface area contributed by atoms with Crippen LogP contribution in [0.15, 0.2) is 42.5 Å². The van der Waals surface area contributed by atoms with Gasteiger partial charge in [-0.3, -0.25) is 11.3 Å². The highest BCUT2D eigenvalue weighted by molar-refractivity contribution is 5.86. The second kappa shape index (κ2) is 5.92. The van der Waals surface area contributed by atoms with Gasteiger partial charge in [0.25, 0.3) is 0 Å². The molecule has 0 radical (unpaired) electrons. The second-order valence-electron chi connectivity index (χ2n) is 5.77. The van der Waals surface area contributed by atoms with Crippen molar-refractivity contribution < 1.29 is 0 Å².